The van der Waals surface area contributed by atoms with E-state index in [4.69, 9.17) is 5.11 Å². The van der Waals surface area contributed by atoms with Crippen molar-refractivity contribution in [3.63, 3.8) is 0 Å². The number of aliphatic carboxylic acids is 1. The highest BCUT2D eigenvalue weighted by atomic mass is 32.1. The lowest BCUT2D eigenvalue weighted by atomic mass is 10.0. The van der Waals surface area contributed by atoms with E-state index in [1.807, 2.05) is 0 Å². The van der Waals surface area contributed by atoms with Gasteiger partial charge < -0.3 is 10.4 Å². The highest BCUT2D eigenvalue weighted by Crippen LogP contribution is 2.40. The van der Waals surface area contributed by atoms with E-state index in [0.717, 1.165) is 25.0 Å². The number of carboxylic acid groups (broad SMARTS) is 1. The van der Waals surface area contributed by atoms with Crippen LogP contribution in [-0.4, -0.2) is 22.0 Å². The monoisotopic (exact) mass is 266 g/mol. The molecule has 0 bridgehead atoms. The number of carbonyl (C=O) groups is 2. The molecule has 1 amide bonds. The highest BCUT2D eigenvalue weighted by molar-refractivity contribution is 7.15. The molecule has 1 aromatic heterocycles. The van der Waals surface area contributed by atoms with Gasteiger partial charge in [-0.15, -0.1) is 11.3 Å². The lowest BCUT2D eigenvalue weighted by molar-refractivity contribution is -0.139. The molecule has 2 aliphatic rings. The lowest BCUT2D eigenvalue weighted by Crippen LogP contribution is -2.16. The second-order valence-corrected chi connectivity index (χ2v) is 5.96. The third-order valence-electron chi connectivity index (χ3n) is 3.52. The van der Waals surface area contributed by atoms with Crippen molar-refractivity contribution in [2.45, 2.75) is 32.1 Å². The summed E-state index contributed by atoms with van der Waals surface area (Å²) >= 11 is 1.53. The molecule has 18 heavy (non-hydrogen) atoms. The van der Waals surface area contributed by atoms with Gasteiger partial charge in [-0.1, -0.05) is 0 Å². The van der Waals surface area contributed by atoms with Gasteiger partial charge in [0.05, 0.1) is 17.5 Å². The number of thiazole rings is 1. The summed E-state index contributed by atoms with van der Waals surface area (Å²) in [7, 11) is 0. The Hall–Kier alpha value is -1.43. The van der Waals surface area contributed by atoms with Crippen molar-refractivity contribution < 1.29 is 14.7 Å². The van der Waals surface area contributed by atoms with Gasteiger partial charge in [-0.05, 0) is 32.1 Å². The van der Waals surface area contributed by atoms with Gasteiger partial charge in [-0.3, -0.25) is 9.59 Å². The highest BCUT2D eigenvalue weighted by Gasteiger charge is 2.48. The molecule has 2 N–H and O–H groups in total. The Kier molecular flexibility index (Phi) is 2.81. The third-order valence-corrected chi connectivity index (χ3v) is 4.59. The van der Waals surface area contributed by atoms with Crippen LogP contribution in [0.3, 0.4) is 0 Å². The van der Waals surface area contributed by atoms with Crippen LogP contribution in [0.25, 0.3) is 0 Å². The van der Waals surface area contributed by atoms with Gasteiger partial charge in [0.1, 0.15) is 0 Å². The minimum atomic E-state index is -0.881. The first-order valence-corrected chi connectivity index (χ1v) is 6.99. The fourth-order valence-electron chi connectivity index (χ4n) is 2.36. The molecule has 1 aromatic rings. The fourth-order valence-corrected chi connectivity index (χ4v) is 3.41. The molecule has 5 nitrogen and oxygen atoms in total. The van der Waals surface area contributed by atoms with Gasteiger partial charge in [0, 0.05) is 4.88 Å². The average Bonchev–Trinajstić information content (AvgIpc) is 3.04. The zero-order chi connectivity index (χ0) is 12.7. The maximum absolute atomic E-state index is 11.8. The maximum atomic E-state index is 11.8. The van der Waals surface area contributed by atoms with Crippen LogP contribution >= 0.6 is 11.3 Å². The number of anilines is 1. The van der Waals surface area contributed by atoms with Crippen LogP contribution in [0.4, 0.5) is 5.13 Å². The number of rotatable bonds is 3. The molecule has 2 aliphatic carbocycles. The van der Waals surface area contributed by atoms with E-state index in [-0.39, 0.29) is 11.8 Å². The van der Waals surface area contributed by atoms with E-state index >= 15 is 0 Å². The molecule has 0 aromatic carbocycles. The number of hydrogen-bond donors (Lipinski definition) is 2. The van der Waals surface area contributed by atoms with Gasteiger partial charge >= 0.3 is 5.97 Å². The minimum Gasteiger partial charge on any atom is -0.481 e. The largest absolute Gasteiger partial charge is 0.481 e. The maximum Gasteiger partial charge on any atom is 0.307 e. The van der Waals surface area contributed by atoms with Crippen LogP contribution in [-0.2, 0) is 22.4 Å². The van der Waals surface area contributed by atoms with Crippen LogP contribution < -0.4 is 5.32 Å². The van der Waals surface area contributed by atoms with Crippen LogP contribution in [0.1, 0.15) is 29.8 Å². The van der Waals surface area contributed by atoms with Crippen molar-refractivity contribution in [3.8, 4) is 0 Å². The van der Waals surface area contributed by atoms with Crippen molar-refractivity contribution in [2.75, 3.05) is 5.32 Å². The Morgan fingerprint density at radius 1 is 1.28 bits per heavy atom. The molecular weight excluding hydrogens is 252 g/mol. The van der Waals surface area contributed by atoms with Crippen LogP contribution in [0.5, 0.6) is 0 Å². The van der Waals surface area contributed by atoms with E-state index in [1.165, 1.54) is 22.6 Å². The SMILES string of the molecule is O=C(O)C1CC1C(=O)Nc1nc2c(s1)CCCC2. The van der Waals surface area contributed by atoms with Crippen molar-refractivity contribution in [3.05, 3.63) is 10.6 Å². The number of nitrogens with one attached hydrogen (secondary N) is 1. The van der Waals surface area contributed by atoms with Crippen molar-refractivity contribution in [1.29, 1.82) is 0 Å². The Bertz CT molecular complexity index is 488. The Labute approximate surface area is 108 Å². The molecule has 1 heterocycles. The number of nitrogens with zero attached hydrogens (tertiary/aromatic N) is 1. The summed E-state index contributed by atoms with van der Waals surface area (Å²) in [6.45, 7) is 0. The summed E-state index contributed by atoms with van der Waals surface area (Å²) in [6, 6.07) is 0. The standard InChI is InChI=1S/C12H14N2O3S/c15-10(6-5-7(6)11(16)17)14-12-13-8-3-1-2-4-9(8)18-12/h6-7H,1-5H2,(H,16,17)(H,13,14,15). The summed E-state index contributed by atoms with van der Waals surface area (Å²) in [6.07, 6.45) is 4.83. The van der Waals surface area contributed by atoms with E-state index < -0.39 is 11.9 Å². The molecule has 0 saturated heterocycles. The Morgan fingerprint density at radius 2 is 2.06 bits per heavy atom. The van der Waals surface area contributed by atoms with Gasteiger partial charge in [-0.2, -0.15) is 0 Å². The van der Waals surface area contributed by atoms with Crippen LogP contribution in [0.2, 0.25) is 0 Å². The molecule has 3 rings (SSSR count). The molecule has 2 atom stereocenters. The summed E-state index contributed by atoms with van der Waals surface area (Å²) in [5.41, 5.74) is 1.10. The molecular formula is C12H14N2O3S. The third kappa shape index (κ3) is 2.12. The first-order chi connectivity index (χ1) is 8.65. The topological polar surface area (TPSA) is 79.3 Å². The predicted molar refractivity (Wildman–Crippen MR) is 66.6 cm³/mol. The summed E-state index contributed by atoms with van der Waals surface area (Å²) in [4.78, 5) is 28.2. The van der Waals surface area contributed by atoms with E-state index in [2.05, 4.69) is 10.3 Å². The predicted octanol–water partition coefficient (Wildman–Crippen LogP) is 1.68. The lowest BCUT2D eigenvalue weighted by Gasteiger charge is -2.06. The Morgan fingerprint density at radius 3 is 2.72 bits per heavy atom. The summed E-state index contributed by atoms with van der Waals surface area (Å²) in [5.74, 6) is -1.95. The first kappa shape index (κ1) is 11.6. The number of fused-ring (bicyclic) bond motifs is 1. The number of carbonyl (C=O) groups excluding carboxylic acids is 1. The molecule has 2 unspecified atom stereocenters. The smallest absolute Gasteiger partial charge is 0.307 e. The van der Waals surface area contributed by atoms with E-state index in [1.54, 1.807) is 0 Å². The zero-order valence-electron chi connectivity index (χ0n) is 9.81. The molecule has 0 radical (unpaired) electrons. The van der Waals surface area contributed by atoms with E-state index in [9.17, 15) is 9.59 Å². The van der Waals surface area contributed by atoms with Gasteiger partial charge in [0.25, 0.3) is 0 Å². The quantitative estimate of drug-likeness (QED) is 0.872. The van der Waals surface area contributed by atoms with Crippen LogP contribution in [0, 0.1) is 11.8 Å². The molecule has 1 fully saturated rings. The van der Waals surface area contributed by atoms with Gasteiger partial charge in [-0.25, -0.2) is 4.98 Å². The van der Waals surface area contributed by atoms with Crippen molar-refractivity contribution >= 4 is 28.3 Å². The molecule has 0 aliphatic heterocycles. The zero-order valence-corrected chi connectivity index (χ0v) is 10.6. The second kappa shape index (κ2) is 4.35. The van der Waals surface area contributed by atoms with Crippen molar-refractivity contribution in [2.24, 2.45) is 11.8 Å². The molecule has 0 spiro atoms. The molecule has 6 heteroatoms. The normalized spacial score (nSPS) is 25.3. The number of aryl methyl sites for hydroxylation is 2. The molecule has 96 valence electrons. The van der Waals surface area contributed by atoms with Crippen molar-refractivity contribution in [1.82, 2.24) is 4.98 Å². The first-order valence-electron chi connectivity index (χ1n) is 6.17. The van der Waals surface area contributed by atoms with Crippen LogP contribution in [0.15, 0.2) is 0 Å². The number of amides is 1. The number of hydrogen-bond acceptors (Lipinski definition) is 4. The van der Waals surface area contributed by atoms with E-state index in [0.29, 0.717) is 11.6 Å². The summed E-state index contributed by atoms with van der Waals surface area (Å²) in [5, 5.41) is 12.2. The Balaban J connectivity index is 1.65. The summed E-state index contributed by atoms with van der Waals surface area (Å²) < 4.78 is 0. The minimum absolute atomic E-state index is 0.200. The molecule has 1 saturated carbocycles. The second-order valence-electron chi connectivity index (χ2n) is 4.87. The fraction of sp³-hybridized carbons (Fsp3) is 0.583. The number of aromatic nitrogens is 1. The average molecular weight is 266 g/mol. The number of carboxylic acids is 1. The van der Waals surface area contributed by atoms with Gasteiger partial charge in [0.15, 0.2) is 5.13 Å². The van der Waals surface area contributed by atoms with Gasteiger partial charge in [0.2, 0.25) is 5.91 Å².